The minimum absolute atomic E-state index is 0.0661. The molecular weight excluding hydrogens is 174 g/mol. The fourth-order valence-electron chi connectivity index (χ4n) is 1.44. The third kappa shape index (κ3) is 1.31. The number of nitrogens with zero attached hydrogens (tertiary/aromatic N) is 1. The van der Waals surface area contributed by atoms with Crippen LogP contribution in [0.3, 0.4) is 0 Å². The van der Waals surface area contributed by atoms with Crippen molar-refractivity contribution >= 4 is 16.6 Å². The van der Waals surface area contributed by atoms with Crippen LogP contribution in [0.5, 0.6) is 0 Å². The molecule has 0 saturated heterocycles. The second-order valence-electron chi connectivity index (χ2n) is 2.97. The van der Waals surface area contributed by atoms with Crippen LogP contribution in [-0.4, -0.2) is 10.8 Å². The van der Waals surface area contributed by atoms with Gasteiger partial charge in [0.25, 0.3) is 0 Å². The molecule has 2 heteroatoms. The number of carbonyl (C=O) groups excluding carboxylic acids is 1. The number of aromatic nitrogens is 1. The molecule has 0 saturated carbocycles. The zero-order chi connectivity index (χ0) is 9.97. The van der Waals surface area contributed by atoms with E-state index in [2.05, 4.69) is 11.6 Å². The molecular formula is C12H9NO. The van der Waals surface area contributed by atoms with E-state index in [1.165, 1.54) is 6.08 Å². The minimum Gasteiger partial charge on any atom is -0.289 e. The van der Waals surface area contributed by atoms with Gasteiger partial charge in [0.1, 0.15) is 0 Å². The molecule has 1 aromatic heterocycles. The molecule has 2 aromatic rings. The SMILES string of the molecule is C=CC(=O)c1cccc2ccncc12. The first kappa shape index (κ1) is 8.63. The molecule has 1 aromatic carbocycles. The van der Waals surface area contributed by atoms with E-state index in [9.17, 15) is 4.79 Å². The van der Waals surface area contributed by atoms with Crippen LogP contribution in [0.15, 0.2) is 49.3 Å². The summed E-state index contributed by atoms with van der Waals surface area (Å²) in [6.45, 7) is 3.47. The molecule has 0 aliphatic rings. The van der Waals surface area contributed by atoms with Gasteiger partial charge in [-0.25, -0.2) is 0 Å². The van der Waals surface area contributed by atoms with E-state index in [1.807, 2.05) is 18.2 Å². The van der Waals surface area contributed by atoms with Crippen LogP contribution >= 0.6 is 0 Å². The van der Waals surface area contributed by atoms with E-state index in [0.717, 1.165) is 10.8 Å². The van der Waals surface area contributed by atoms with Crippen LogP contribution < -0.4 is 0 Å². The van der Waals surface area contributed by atoms with Gasteiger partial charge in [0, 0.05) is 23.3 Å². The summed E-state index contributed by atoms with van der Waals surface area (Å²) in [5.74, 6) is -0.0661. The summed E-state index contributed by atoms with van der Waals surface area (Å²) in [4.78, 5) is 15.5. The second kappa shape index (κ2) is 3.42. The van der Waals surface area contributed by atoms with Crippen molar-refractivity contribution in [3.05, 3.63) is 54.9 Å². The molecule has 0 atom stereocenters. The zero-order valence-corrected chi connectivity index (χ0v) is 7.60. The van der Waals surface area contributed by atoms with Crippen LogP contribution in [0.4, 0.5) is 0 Å². The molecule has 0 bridgehead atoms. The van der Waals surface area contributed by atoms with Gasteiger partial charge in [-0.3, -0.25) is 9.78 Å². The highest BCUT2D eigenvalue weighted by Crippen LogP contribution is 2.17. The molecule has 0 unspecified atom stereocenters. The van der Waals surface area contributed by atoms with Gasteiger partial charge in [-0.05, 0) is 17.5 Å². The van der Waals surface area contributed by atoms with Crippen LogP contribution in [0.2, 0.25) is 0 Å². The lowest BCUT2D eigenvalue weighted by Gasteiger charge is -2.01. The average Bonchev–Trinajstić information content (AvgIpc) is 2.27. The van der Waals surface area contributed by atoms with Crippen LogP contribution in [0.1, 0.15) is 10.4 Å². The van der Waals surface area contributed by atoms with Crippen molar-refractivity contribution < 1.29 is 4.79 Å². The molecule has 2 rings (SSSR count). The molecule has 14 heavy (non-hydrogen) atoms. The standard InChI is InChI=1S/C12H9NO/c1-2-12(14)10-5-3-4-9-6-7-13-8-11(9)10/h2-8H,1H2. The first-order chi connectivity index (χ1) is 6.83. The zero-order valence-electron chi connectivity index (χ0n) is 7.60. The van der Waals surface area contributed by atoms with Gasteiger partial charge >= 0.3 is 0 Å². The maximum atomic E-state index is 11.5. The lowest BCUT2D eigenvalue weighted by atomic mass is 10.0. The molecule has 0 aliphatic heterocycles. The van der Waals surface area contributed by atoms with Crippen molar-refractivity contribution in [1.82, 2.24) is 4.98 Å². The first-order valence-electron chi connectivity index (χ1n) is 4.32. The van der Waals surface area contributed by atoms with Crippen molar-refractivity contribution in [2.24, 2.45) is 0 Å². The number of benzene rings is 1. The summed E-state index contributed by atoms with van der Waals surface area (Å²) in [7, 11) is 0. The quantitative estimate of drug-likeness (QED) is 0.529. The summed E-state index contributed by atoms with van der Waals surface area (Å²) in [6.07, 6.45) is 4.73. The van der Waals surface area contributed by atoms with Crippen molar-refractivity contribution in [3.8, 4) is 0 Å². The Labute approximate surface area is 81.9 Å². The van der Waals surface area contributed by atoms with Crippen LogP contribution in [0.25, 0.3) is 10.8 Å². The predicted octanol–water partition coefficient (Wildman–Crippen LogP) is 2.60. The van der Waals surface area contributed by atoms with Gasteiger partial charge in [-0.2, -0.15) is 0 Å². The van der Waals surface area contributed by atoms with Crippen molar-refractivity contribution in [3.63, 3.8) is 0 Å². The molecule has 0 amide bonds. The number of hydrogen-bond acceptors (Lipinski definition) is 2. The molecule has 0 radical (unpaired) electrons. The number of pyridine rings is 1. The van der Waals surface area contributed by atoms with E-state index < -0.39 is 0 Å². The van der Waals surface area contributed by atoms with Gasteiger partial charge in [0.05, 0.1) is 0 Å². The normalized spacial score (nSPS) is 10.0. The average molecular weight is 183 g/mol. The number of hydrogen-bond donors (Lipinski definition) is 0. The molecule has 0 fully saturated rings. The summed E-state index contributed by atoms with van der Waals surface area (Å²) in [5, 5.41) is 1.90. The molecule has 2 nitrogen and oxygen atoms in total. The number of ketones is 1. The fraction of sp³-hybridized carbons (Fsp3) is 0. The molecule has 0 N–H and O–H groups in total. The summed E-state index contributed by atoms with van der Waals surface area (Å²) in [6, 6.07) is 7.49. The van der Waals surface area contributed by atoms with Crippen molar-refractivity contribution in [2.45, 2.75) is 0 Å². The smallest absolute Gasteiger partial charge is 0.185 e. The minimum atomic E-state index is -0.0661. The molecule has 0 spiro atoms. The number of carbonyl (C=O) groups is 1. The van der Waals surface area contributed by atoms with Crippen LogP contribution in [0, 0.1) is 0 Å². The van der Waals surface area contributed by atoms with E-state index in [0.29, 0.717) is 5.56 Å². The third-order valence-electron chi connectivity index (χ3n) is 2.13. The van der Waals surface area contributed by atoms with Crippen LogP contribution in [-0.2, 0) is 0 Å². The summed E-state index contributed by atoms with van der Waals surface area (Å²) >= 11 is 0. The lowest BCUT2D eigenvalue weighted by Crippen LogP contribution is -1.94. The van der Waals surface area contributed by atoms with E-state index in [1.54, 1.807) is 18.5 Å². The second-order valence-corrected chi connectivity index (χ2v) is 2.97. The summed E-state index contributed by atoms with van der Waals surface area (Å²) in [5.41, 5.74) is 0.658. The van der Waals surface area contributed by atoms with Crippen molar-refractivity contribution in [1.29, 1.82) is 0 Å². The first-order valence-corrected chi connectivity index (χ1v) is 4.32. The Morgan fingerprint density at radius 3 is 3.00 bits per heavy atom. The van der Waals surface area contributed by atoms with E-state index in [4.69, 9.17) is 0 Å². The Kier molecular flexibility index (Phi) is 2.11. The molecule has 0 aliphatic carbocycles. The highest BCUT2D eigenvalue weighted by molar-refractivity contribution is 6.12. The van der Waals surface area contributed by atoms with Gasteiger partial charge in [0.2, 0.25) is 0 Å². The Morgan fingerprint density at radius 2 is 2.21 bits per heavy atom. The Bertz CT molecular complexity index is 497. The highest BCUT2D eigenvalue weighted by atomic mass is 16.1. The van der Waals surface area contributed by atoms with Gasteiger partial charge in [0.15, 0.2) is 5.78 Å². The monoisotopic (exact) mass is 183 g/mol. The number of allylic oxidation sites excluding steroid dienone is 1. The largest absolute Gasteiger partial charge is 0.289 e. The Morgan fingerprint density at radius 1 is 1.36 bits per heavy atom. The fourth-order valence-corrected chi connectivity index (χ4v) is 1.44. The van der Waals surface area contributed by atoms with E-state index >= 15 is 0 Å². The topological polar surface area (TPSA) is 30.0 Å². The lowest BCUT2D eigenvalue weighted by molar-refractivity contribution is 0.104. The predicted molar refractivity (Wildman–Crippen MR) is 56.3 cm³/mol. The van der Waals surface area contributed by atoms with Gasteiger partial charge in [-0.1, -0.05) is 24.8 Å². The third-order valence-corrected chi connectivity index (χ3v) is 2.13. The molecule has 68 valence electrons. The Balaban J connectivity index is 2.77. The number of fused-ring (bicyclic) bond motifs is 1. The number of rotatable bonds is 2. The van der Waals surface area contributed by atoms with Crippen molar-refractivity contribution in [2.75, 3.05) is 0 Å². The van der Waals surface area contributed by atoms with E-state index in [-0.39, 0.29) is 5.78 Å². The maximum absolute atomic E-state index is 11.5. The highest BCUT2D eigenvalue weighted by Gasteiger charge is 2.05. The summed E-state index contributed by atoms with van der Waals surface area (Å²) < 4.78 is 0. The Hall–Kier alpha value is -1.96. The van der Waals surface area contributed by atoms with Gasteiger partial charge < -0.3 is 0 Å². The molecule has 1 heterocycles. The van der Waals surface area contributed by atoms with Gasteiger partial charge in [-0.15, -0.1) is 0 Å². The maximum Gasteiger partial charge on any atom is 0.185 e.